The van der Waals surface area contributed by atoms with Crippen molar-refractivity contribution in [2.75, 3.05) is 0 Å². The third kappa shape index (κ3) is 3.05. The lowest BCUT2D eigenvalue weighted by Crippen LogP contribution is -2.30. The Bertz CT molecular complexity index is 371. The molecule has 102 valence electrons. The van der Waals surface area contributed by atoms with E-state index in [-0.39, 0.29) is 6.04 Å². The number of nitrogens with one attached hydrogen (secondary N) is 1. The van der Waals surface area contributed by atoms with Crippen LogP contribution in [0.25, 0.3) is 0 Å². The van der Waals surface area contributed by atoms with Crippen LogP contribution in [0.5, 0.6) is 0 Å². The molecule has 0 aromatic carbocycles. The highest BCUT2D eigenvalue weighted by Gasteiger charge is 2.21. The van der Waals surface area contributed by atoms with Gasteiger partial charge in [-0.1, -0.05) is 37.3 Å². The van der Waals surface area contributed by atoms with E-state index in [4.69, 9.17) is 17.4 Å². The quantitative estimate of drug-likeness (QED) is 0.617. The van der Waals surface area contributed by atoms with Crippen LogP contribution in [0.3, 0.4) is 0 Å². The number of nitrogens with zero attached hydrogens (tertiary/aromatic N) is 2. The molecule has 5 heteroatoms. The average molecular weight is 271 g/mol. The van der Waals surface area contributed by atoms with Crippen LogP contribution in [0.15, 0.2) is 6.20 Å². The van der Waals surface area contributed by atoms with Crippen LogP contribution in [-0.4, -0.2) is 9.78 Å². The minimum atomic E-state index is 0.112. The van der Waals surface area contributed by atoms with Crippen LogP contribution >= 0.6 is 11.6 Å². The molecule has 4 nitrogen and oxygen atoms in total. The highest BCUT2D eigenvalue weighted by molar-refractivity contribution is 6.31. The molecule has 0 aliphatic heterocycles. The second-order valence-corrected chi connectivity index (χ2v) is 5.55. The molecule has 0 radical (unpaired) electrons. The third-order valence-electron chi connectivity index (χ3n) is 4.00. The topological polar surface area (TPSA) is 55.9 Å². The Hall–Kier alpha value is -0.580. The van der Waals surface area contributed by atoms with Crippen LogP contribution in [0, 0.1) is 5.92 Å². The first kappa shape index (κ1) is 13.8. The van der Waals surface area contributed by atoms with E-state index >= 15 is 0 Å². The Morgan fingerprint density at radius 2 is 2.28 bits per heavy atom. The van der Waals surface area contributed by atoms with Crippen molar-refractivity contribution in [2.24, 2.45) is 11.8 Å². The zero-order valence-corrected chi connectivity index (χ0v) is 11.8. The molecule has 1 heterocycles. The Kier molecular flexibility index (Phi) is 5.03. The molecule has 18 heavy (non-hydrogen) atoms. The summed E-state index contributed by atoms with van der Waals surface area (Å²) in [6, 6.07) is 0.112. The van der Waals surface area contributed by atoms with Gasteiger partial charge in [-0.15, -0.1) is 0 Å². The monoisotopic (exact) mass is 270 g/mol. The summed E-state index contributed by atoms with van der Waals surface area (Å²) in [5.41, 5.74) is 3.93. The standard InChI is InChI=1S/C13H23ClN4/c1-2-18-13(11(14)9-16-18)12(17-15)8-7-10-5-3-4-6-10/h9-10,12,17H,2-8,15H2,1H3. The summed E-state index contributed by atoms with van der Waals surface area (Å²) in [4.78, 5) is 0. The van der Waals surface area contributed by atoms with Crippen molar-refractivity contribution < 1.29 is 0 Å². The van der Waals surface area contributed by atoms with Crippen LogP contribution in [0.4, 0.5) is 0 Å². The van der Waals surface area contributed by atoms with Gasteiger partial charge >= 0.3 is 0 Å². The number of hydrogen-bond acceptors (Lipinski definition) is 3. The van der Waals surface area contributed by atoms with Crippen LogP contribution in [0.1, 0.15) is 57.2 Å². The molecule has 0 saturated heterocycles. The molecule has 1 aliphatic rings. The van der Waals surface area contributed by atoms with Gasteiger partial charge in [0.15, 0.2) is 0 Å². The maximum atomic E-state index is 6.21. The first-order valence-electron chi connectivity index (χ1n) is 6.93. The van der Waals surface area contributed by atoms with Crippen molar-refractivity contribution >= 4 is 11.6 Å². The number of nitrogens with two attached hydrogens (primary N) is 1. The number of rotatable bonds is 6. The van der Waals surface area contributed by atoms with E-state index in [2.05, 4.69) is 17.4 Å². The smallest absolute Gasteiger partial charge is 0.0834 e. The van der Waals surface area contributed by atoms with E-state index in [1.54, 1.807) is 6.20 Å². The Morgan fingerprint density at radius 1 is 1.56 bits per heavy atom. The number of halogens is 1. The first-order chi connectivity index (χ1) is 8.76. The molecule has 0 amide bonds. The van der Waals surface area contributed by atoms with Crippen LogP contribution in [-0.2, 0) is 6.54 Å². The Balaban J connectivity index is 2.00. The molecule has 3 N–H and O–H groups in total. The molecule has 2 rings (SSSR count). The van der Waals surface area contributed by atoms with E-state index in [1.807, 2.05) is 4.68 Å². The van der Waals surface area contributed by atoms with Gasteiger partial charge in [-0.3, -0.25) is 16.0 Å². The number of hydrazine groups is 1. The SMILES string of the molecule is CCn1ncc(Cl)c1C(CCC1CCCC1)NN. The lowest BCUT2D eigenvalue weighted by Gasteiger charge is -2.19. The zero-order chi connectivity index (χ0) is 13.0. The first-order valence-corrected chi connectivity index (χ1v) is 7.31. The van der Waals surface area contributed by atoms with Crippen molar-refractivity contribution in [1.29, 1.82) is 0 Å². The van der Waals surface area contributed by atoms with Crippen molar-refractivity contribution in [3.8, 4) is 0 Å². The fourth-order valence-electron chi connectivity index (χ4n) is 2.97. The van der Waals surface area contributed by atoms with Gasteiger partial charge in [0.1, 0.15) is 0 Å². The van der Waals surface area contributed by atoms with Crippen LogP contribution < -0.4 is 11.3 Å². The summed E-state index contributed by atoms with van der Waals surface area (Å²) in [5, 5.41) is 4.99. The lowest BCUT2D eigenvalue weighted by atomic mass is 9.97. The third-order valence-corrected chi connectivity index (χ3v) is 4.29. The average Bonchev–Trinajstić information content (AvgIpc) is 3.01. The largest absolute Gasteiger partial charge is 0.271 e. The molecule has 1 fully saturated rings. The highest BCUT2D eigenvalue weighted by atomic mass is 35.5. The molecule has 1 aliphatic carbocycles. The highest BCUT2D eigenvalue weighted by Crippen LogP contribution is 2.32. The molecule has 1 atom stereocenters. The van der Waals surface area contributed by atoms with Gasteiger partial charge in [0.2, 0.25) is 0 Å². The summed E-state index contributed by atoms with van der Waals surface area (Å²) < 4.78 is 1.93. The molecular weight excluding hydrogens is 248 g/mol. The van der Waals surface area contributed by atoms with Gasteiger partial charge < -0.3 is 0 Å². The van der Waals surface area contributed by atoms with Gasteiger partial charge in [-0.05, 0) is 25.7 Å². The summed E-state index contributed by atoms with van der Waals surface area (Å²) in [6.07, 6.45) is 9.49. The minimum Gasteiger partial charge on any atom is -0.271 e. The second-order valence-electron chi connectivity index (χ2n) is 5.14. The van der Waals surface area contributed by atoms with E-state index in [9.17, 15) is 0 Å². The predicted octanol–water partition coefficient (Wildman–Crippen LogP) is 3.03. The van der Waals surface area contributed by atoms with Crippen molar-refractivity contribution in [3.63, 3.8) is 0 Å². The van der Waals surface area contributed by atoms with Gasteiger partial charge in [-0.2, -0.15) is 5.10 Å². The Labute approximate surface area is 114 Å². The van der Waals surface area contributed by atoms with Crippen LogP contribution in [0.2, 0.25) is 5.02 Å². The maximum Gasteiger partial charge on any atom is 0.0834 e. The van der Waals surface area contributed by atoms with E-state index in [0.717, 1.165) is 24.6 Å². The normalized spacial score (nSPS) is 18.4. The van der Waals surface area contributed by atoms with Gasteiger partial charge in [-0.25, -0.2) is 0 Å². The summed E-state index contributed by atoms with van der Waals surface area (Å²) in [6.45, 7) is 2.89. The summed E-state index contributed by atoms with van der Waals surface area (Å²) in [7, 11) is 0. The maximum absolute atomic E-state index is 6.21. The molecule has 1 aromatic heterocycles. The van der Waals surface area contributed by atoms with E-state index in [1.165, 1.54) is 32.1 Å². The molecule has 0 bridgehead atoms. The zero-order valence-electron chi connectivity index (χ0n) is 11.0. The number of aryl methyl sites for hydroxylation is 1. The van der Waals surface area contributed by atoms with E-state index < -0.39 is 0 Å². The molecular formula is C13H23ClN4. The van der Waals surface area contributed by atoms with Gasteiger partial charge in [0, 0.05) is 6.54 Å². The molecule has 0 spiro atoms. The predicted molar refractivity (Wildman–Crippen MR) is 74.2 cm³/mol. The summed E-state index contributed by atoms with van der Waals surface area (Å²) >= 11 is 6.21. The minimum absolute atomic E-state index is 0.112. The lowest BCUT2D eigenvalue weighted by molar-refractivity contribution is 0.398. The summed E-state index contributed by atoms with van der Waals surface area (Å²) in [5.74, 6) is 6.56. The number of aromatic nitrogens is 2. The van der Waals surface area contributed by atoms with Crippen molar-refractivity contribution in [1.82, 2.24) is 15.2 Å². The fraction of sp³-hybridized carbons (Fsp3) is 0.769. The van der Waals surface area contributed by atoms with Gasteiger partial charge in [0.25, 0.3) is 0 Å². The molecule has 1 aromatic rings. The molecule has 1 unspecified atom stereocenters. The van der Waals surface area contributed by atoms with Crippen molar-refractivity contribution in [3.05, 3.63) is 16.9 Å². The molecule has 1 saturated carbocycles. The van der Waals surface area contributed by atoms with Gasteiger partial charge in [0.05, 0.1) is 23.0 Å². The second kappa shape index (κ2) is 6.55. The van der Waals surface area contributed by atoms with Crippen molar-refractivity contribution in [2.45, 2.75) is 58.0 Å². The number of hydrogen-bond donors (Lipinski definition) is 2. The Morgan fingerprint density at radius 3 is 2.89 bits per heavy atom. The van der Waals surface area contributed by atoms with E-state index in [0.29, 0.717) is 5.02 Å². The fourth-order valence-corrected chi connectivity index (χ4v) is 3.24.